The van der Waals surface area contributed by atoms with Crippen molar-refractivity contribution in [2.24, 2.45) is 5.92 Å². The van der Waals surface area contributed by atoms with Crippen LogP contribution >= 0.6 is 0 Å². The Morgan fingerprint density at radius 1 is 1.29 bits per heavy atom. The summed E-state index contributed by atoms with van der Waals surface area (Å²) < 4.78 is 0. The van der Waals surface area contributed by atoms with Gasteiger partial charge in [0.15, 0.2) is 0 Å². The molecule has 21 heavy (non-hydrogen) atoms. The Balaban J connectivity index is 1.85. The normalized spacial score (nSPS) is 26.0. The van der Waals surface area contributed by atoms with E-state index < -0.39 is 0 Å². The second-order valence-corrected chi connectivity index (χ2v) is 6.78. The summed E-state index contributed by atoms with van der Waals surface area (Å²) in [5, 5.41) is 3.71. The molecule has 3 atom stereocenters. The number of nitrogens with zero attached hydrogens (tertiary/aromatic N) is 1. The minimum atomic E-state index is 0.684. The topological polar surface area (TPSA) is 15.3 Å². The van der Waals surface area contributed by atoms with E-state index in [1.807, 2.05) is 0 Å². The van der Waals surface area contributed by atoms with E-state index in [0.717, 1.165) is 5.92 Å². The minimum Gasteiger partial charge on any atom is -0.314 e. The lowest BCUT2D eigenvalue weighted by Gasteiger charge is -2.36. The van der Waals surface area contributed by atoms with Crippen LogP contribution in [0.5, 0.6) is 0 Å². The van der Waals surface area contributed by atoms with Gasteiger partial charge in [0, 0.05) is 18.6 Å². The zero-order valence-electron chi connectivity index (χ0n) is 14.0. The van der Waals surface area contributed by atoms with Crippen molar-refractivity contribution in [2.45, 2.75) is 58.5 Å². The molecule has 1 aliphatic heterocycles. The predicted molar refractivity (Wildman–Crippen MR) is 91.7 cm³/mol. The molecule has 2 heteroatoms. The molecule has 0 aliphatic carbocycles. The molecule has 1 aromatic rings. The summed E-state index contributed by atoms with van der Waals surface area (Å²) in [7, 11) is 0. The van der Waals surface area contributed by atoms with E-state index >= 15 is 0 Å². The number of nitrogens with one attached hydrogen (secondary N) is 1. The van der Waals surface area contributed by atoms with E-state index in [0.29, 0.717) is 12.1 Å². The standard InChI is InChI=1S/C19H32N2/c1-4-19-12-13-21(15-16(2)14-20-19)17(3)10-11-18-8-6-5-7-9-18/h5-9,16-17,19-20H,4,10-15H2,1-3H3. The van der Waals surface area contributed by atoms with Crippen LogP contribution in [0.25, 0.3) is 0 Å². The second-order valence-electron chi connectivity index (χ2n) is 6.78. The molecule has 1 N–H and O–H groups in total. The summed E-state index contributed by atoms with van der Waals surface area (Å²) in [6, 6.07) is 12.3. The van der Waals surface area contributed by atoms with Crippen molar-refractivity contribution in [2.75, 3.05) is 19.6 Å². The highest BCUT2D eigenvalue weighted by Crippen LogP contribution is 2.15. The fourth-order valence-electron chi connectivity index (χ4n) is 3.30. The number of benzene rings is 1. The predicted octanol–water partition coefficient (Wildman–Crippen LogP) is 3.72. The third kappa shape index (κ3) is 5.44. The van der Waals surface area contributed by atoms with E-state index in [1.165, 1.54) is 50.9 Å². The molecule has 0 bridgehead atoms. The van der Waals surface area contributed by atoms with Gasteiger partial charge in [-0.1, -0.05) is 44.2 Å². The molecule has 0 saturated carbocycles. The molecule has 0 spiro atoms. The van der Waals surface area contributed by atoms with Crippen molar-refractivity contribution in [3.63, 3.8) is 0 Å². The number of hydrogen-bond acceptors (Lipinski definition) is 2. The summed E-state index contributed by atoms with van der Waals surface area (Å²) in [4.78, 5) is 2.72. The van der Waals surface area contributed by atoms with Gasteiger partial charge < -0.3 is 10.2 Å². The van der Waals surface area contributed by atoms with Crippen LogP contribution in [0.1, 0.15) is 45.6 Å². The van der Waals surface area contributed by atoms with Crippen molar-refractivity contribution < 1.29 is 0 Å². The van der Waals surface area contributed by atoms with Gasteiger partial charge in [0.2, 0.25) is 0 Å². The maximum Gasteiger partial charge on any atom is 0.00767 e. The van der Waals surface area contributed by atoms with Gasteiger partial charge in [-0.15, -0.1) is 0 Å². The maximum absolute atomic E-state index is 3.71. The van der Waals surface area contributed by atoms with E-state index in [2.05, 4.69) is 61.3 Å². The average molecular weight is 288 g/mol. The number of hydrogen-bond donors (Lipinski definition) is 1. The van der Waals surface area contributed by atoms with Crippen LogP contribution in [0.4, 0.5) is 0 Å². The molecule has 1 heterocycles. The molecular weight excluding hydrogens is 256 g/mol. The Labute approximate surface area is 130 Å². The summed E-state index contributed by atoms with van der Waals surface area (Å²) in [6.07, 6.45) is 5.00. The zero-order chi connectivity index (χ0) is 15.1. The minimum absolute atomic E-state index is 0.684. The monoisotopic (exact) mass is 288 g/mol. The van der Waals surface area contributed by atoms with E-state index in [1.54, 1.807) is 0 Å². The molecule has 3 unspecified atom stereocenters. The molecule has 1 aromatic carbocycles. The van der Waals surface area contributed by atoms with Crippen LogP contribution in [0.3, 0.4) is 0 Å². The Kier molecular flexibility index (Phi) is 6.72. The van der Waals surface area contributed by atoms with E-state index in [4.69, 9.17) is 0 Å². The van der Waals surface area contributed by atoms with Gasteiger partial charge >= 0.3 is 0 Å². The van der Waals surface area contributed by atoms with Crippen LogP contribution in [-0.4, -0.2) is 36.6 Å². The lowest BCUT2D eigenvalue weighted by molar-refractivity contribution is 0.147. The highest BCUT2D eigenvalue weighted by atomic mass is 15.2. The quantitative estimate of drug-likeness (QED) is 0.888. The van der Waals surface area contributed by atoms with Crippen LogP contribution < -0.4 is 5.32 Å². The Morgan fingerprint density at radius 3 is 2.76 bits per heavy atom. The smallest absolute Gasteiger partial charge is 0.00767 e. The van der Waals surface area contributed by atoms with Gasteiger partial charge in [0.25, 0.3) is 0 Å². The van der Waals surface area contributed by atoms with Crippen LogP contribution in [-0.2, 0) is 6.42 Å². The third-order valence-corrected chi connectivity index (χ3v) is 4.88. The van der Waals surface area contributed by atoms with Gasteiger partial charge in [0.1, 0.15) is 0 Å². The molecule has 1 fully saturated rings. The number of rotatable bonds is 5. The van der Waals surface area contributed by atoms with Crippen molar-refractivity contribution in [3.05, 3.63) is 35.9 Å². The highest BCUT2D eigenvalue weighted by molar-refractivity contribution is 5.14. The van der Waals surface area contributed by atoms with Crippen molar-refractivity contribution >= 4 is 0 Å². The molecule has 2 nitrogen and oxygen atoms in total. The van der Waals surface area contributed by atoms with Gasteiger partial charge in [-0.3, -0.25) is 0 Å². The van der Waals surface area contributed by atoms with Crippen molar-refractivity contribution in [1.29, 1.82) is 0 Å². The molecule has 0 amide bonds. The summed E-state index contributed by atoms with van der Waals surface area (Å²) >= 11 is 0. The van der Waals surface area contributed by atoms with Crippen molar-refractivity contribution in [1.82, 2.24) is 10.2 Å². The molecule has 118 valence electrons. The van der Waals surface area contributed by atoms with Gasteiger partial charge in [-0.2, -0.15) is 0 Å². The first kappa shape index (κ1) is 16.5. The van der Waals surface area contributed by atoms with E-state index in [-0.39, 0.29) is 0 Å². The molecule has 0 radical (unpaired) electrons. The Hall–Kier alpha value is -0.860. The summed E-state index contributed by atoms with van der Waals surface area (Å²) in [6.45, 7) is 10.7. The second kappa shape index (κ2) is 8.55. The lowest BCUT2D eigenvalue weighted by atomic mass is 10.0. The van der Waals surface area contributed by atoms with Crippen LogP contribution in [0.2, 0.25) is 0 Å². The van der Waals surface area contributed by atoms with Crippen molar-refractivity contribution in [3.8, 4) is 0 Å². The highest BCUT2D eigenvalue weighted by Gasteiger charge is 2.21. The van der Waals surface area contributed by atoms with Crippen LogP contribution in [0.15, 0.2) is 30.3 Å². The maximum atomic E-state index is 3.71. The Morgan fingerprint density at radius 2 is 2.05 bits per heavy atom. The fourth-order valence-corrected chi connectivity index (χ4v) is 3.30. The zero-order valence-corrected chi connectivity index (χ0v) is 14.0. The first-order valence-corrected chi connectivity index (χ1v) is 8.70. The van der Waals surface area contributed by atoms with Gasteiger partial charge in [-0.25, -0.2) is 0 Å². The molecule has 0 aromatic heterocycles. The lowest BCUT2D eigenvalue weighted by Crippen LogP contribution is -2.46. The third-order valence-electron chi connectivity index (χ3n) is 4.88. The SMILES string of the molecule is CCC1CCN(C(C)CCc2ccccc2)CC(C)CN1. The average Bonchev–Trinajstić information content (AvgIpc) is 2.50. The fraction of sp³-hybridized carbons (Fsp3) is 0.684. The molecule has 2 rings (SSSR count). The van der Waals surface area contributed by atoms with Gasteiger partial charge in [-0.05, 0) is 57.2 Å². The molecule has 1 aliphatic rings. The summed E-state index contributed by atoms with van der Waals surface area (Å²) in [5.74, 6) is 0.749. The first-order valence-electron chi connectivity index (χ1n) is 8.70. The van der Waals surface area contributed by atoms with Crippen LogP contribution in [0, 0.1) is 5.92 Å². The first-order chi connectivity index (χ1) is 10.2. The number of aryl methyl sites for hydroxylation is 1. The largest absolute Gasteiger partial charge is 0.314 e. The van der Waals surface area contributed by atoms with E-state index in [9.17, 15) is 0 Å². The van der Waals surface area contributed by atoms with Gasteiger partial charge in [0.05, 0.1) is 0 Å². The molecule has 1 saturated heterocycles. The Bertz CT molecular complexity index is 390. The summed E-state index contributed by atoms with van der Waals surface area (Å²) in [5.41, 5.74) is 1.47. The molecular formula is C19H32N2.